The first kappa shape index (κ1) is 21.3. The second-order valence-electron chi connectivity index (χ2n) is 6.26. The number of ether oxygens (including phenoxy) is 1. The van der Waals surface area contributed by atoms with Crippen molar-refractivity contribution in [3.8, 4) is 5.75 Å². The third-order valence-corrected chi connectivity index (χ3v) is 4.87. The van der Waals surface area contributed by atoms with Gasteiger partial charge in [0.05, 0.1) is 19.3 Å². The van der Waals surface area contributed by atoms with Gasteiger partial charge in [0.15, 0.2) is 0 Å². The number of rotatable bonds is 7. The van der Waals surface area contributed by atoms with Crippen molar-refractivity contribution >= 4 is 33.4 Å². The monoisotopic (exact) mass is 450 g/mol. The average molecular weight is 452 g/mol. The lowest BCUT2D eigenvalue weighted by atomic mass is 10.1. The quantitative estimate of drug-likeness (QED) is 0.368. The molecule has 0 amide bonds. The number of amidine groups is 1. The minimum absolute atomic E-state index is 0.0821. The van der Waals surface area contributed by atoms with Crippen LogP contribution in [-0.4, -0.2) is 29.4 Å². The second kappa shape index (κ2) is 9.76. The highest BCUT2D eigenvalue weighted by molar-refractivity contribution is 9.10. The van der Waals surface area contributed by atoms with Gasteiger partial charge in [0, 0.05) is 34.4 Å². The first-order chi connectivity index (χ1) is 12.8. The lowest BCUT2D eigenvalue weighted by molar-refractivity contribution is 0.393. The summed E-state index contributed by atoms with van der Waals surface area (Å²) in [5, 5.41) is 8.44. The molecule has 3 N–H and O–H groups in total. The zero-order valence-electron chi connectivity index (χ0n) is 15.7. The SMILES string of the molecule is COc1c(C)cnc(CN(CCc2cccc(Br)c2)C(=N)/C=C(\N)Cl)c1C. The van der Waals surface area contributed by atoms with E-state index < -0.39 is 0 Å². The number of nitrogens with zero attached hydrogens (tertiary/aromatic N) is 2. The Morgan fingerprint density at radius 1 is 1.41 bits per heavy atom. The van der Waals surface area contributed by atoms with Crippen molar-refractivity contribution in [3.05, 3.63) is 68.6 Å². The van der Waals surface area contributed by atoms with Gasteiger partial charge in [-0.15, -0.1) is 0 Å². The Morgan fingerprint density at radius 2 is 2.15 bits per heavy atom. The maximum atomic E-state index is 8.36. The Kier molecular flexibility index (Phi) is 7.68. The summed E-state index contributed by atoms with van der Waals surface area (Å²) in [5.41, 5.74) is 9.56. The van der Waals surface area contributed by atoms with Crippen LogP contribution in [0.3, 0.4) is 0 Å². The standard InChI is InChI=1S/C20H24BrClN4O/c1-13-11-25-17(14(2)20(13)27-3)12-26(19(24)10-18(22)23)8-7-15-5-4-6-16(21)9-15/h4-6,9-11,24H,7-8,12,23H2,1-3H3/b18-10-,24-19?. The summed E-state index contributed by atoms with van der Waals surface area (Å²) in [7, 11) is 1.66. The van der Waals surface area contributed by atoms with Crippen molar-refractivity contribution in [3.63, 3.8) is 0 Å². The molecule has 1 aromatic carbocycles. The van der Waals surface area contributed by atoms with Gasteiger partial charge >= 0.3 is 0 Å². The molecule has 1 heterocycles. The highest BCUT2D eigenvalue weighted by Gasteiger charge is 2.15. The lowest BCUT2D eigenvalue weighted by Gasteiger charge is -2.25. The van der Waals surface area contributed by atoms with Gasteiger partial charge in [-0.05, 0) is 38.0 Å². The summed E-state index contributed by atoms with van der Waals surface area (Å²) in [6.07, 6.45) is 4.02. The maximum absolute atomic E-state index is 8.36. The van der Waals surface area contributed by atoms with Crippen LogP contribution in [0.5, 0.6) is 5.75 Å². The van der Waals surface area contributed by atoms with Crippen molar-refractivity contribution in [1.82, 2.24) is 9.88 Å². The van der Waals surface area contributed by atoms with Crippen molar-refractivity contribution in [2.24, 2.45) is 5.73 Å². The molecule has 0 fully saturated rings. The Bertz CT molecular complexity index is 850. The highest BCUT2D eigenvalue weighted by Crippen LogP contribution is 2.25. The van der Waals surface area contributed by atoms with Crippen LogP contribution in [0.25, 0.3) is 0 Å². The van der Waals surface area contributed by atoms with E-state index in [1.54, 1.807) is 13.3 Å². The van der Waals surface area contributed by atoms with Crippen LogP contribution in [-0.2, 0) is 13.0 Å². The number of nitrogens with two attached hydrogens (primary N) is 1. The Hall–Kier alpha value is -2.05. The van der Waals surface area contributed by atoms with Crippen molar-refractivity contribution in [2.45, 2.75) is 26.8 Å². The van der Waals surface area contributed by atoms with Gasteiger partial charge in [0.2, 0.25) is 0 Å². The molecule has 0 saturated carbocycles. The molecule has 1 aromatic heterocycles. The first-order valence-corrected chi connectivity index (χ1v) is 9.68. The largest absolute Gasteiger partial charge is 0.496 e. The van der Waals surface area contributed by atoms with Gasteiger partial charge in [-0.2, -0.15) is 0 Å². The molecule has 144 valence electrons. The summed E-state index contributed by atoms with van der Waals surface area (Å²) in [6, 6.07) is 8.14. The highest BCUT2D eigenvalue weighted by atomic mass is 79.9. The van der Waals surface area contributed by atoms with E-state index in [0.29, 0.717) is 13.1 Å². The molecule has 0 aliphatic carbocycles. The van der Waals surface area contributed by atoms with E-state index in [0.717, 1.165) is 33.5 Å². The van der Waals surface area contributed by atoms with E-state index in [9.17, 15) is 0 Å². The Balaban J connectivity index is 2.25. The van der Waals surface area contributed by atoms with E-state index in [4.69, 9.17) is 27.5 Å². The molecular formula is C20H24BrClN4O. The van der Waals surface area contributed by atoms with Gasteiger partial charge in [-0.1, -0.05) is 39.7 Å². The van der Waals surface area contributed by atoms with Gasteiger partial charge in [-0.25, -0.2) is 0 Å². The second-order valence-corrected chi connectivity index (χ2v) is 7.61. The van der Waals surface area contributed by atoms with Crippen LogP contribution in [0.2, 0.25) is 0 Å². The normalized spacial score (nSPS) is 11.4. The average Bonchev–Trinajstić information content (AvgIpc) is 2.60. The number of benzene rings is 1. The number of aromatic nitrogens is 1. The number of aryl methyl sites for hydroxylation is 1. The van der Waals surface area contributed by atoms with Gasteiger partial charge in [0.1, 0.15) is 16.7 Å². The van der Waals surface area contributed by atoms with Gasteiger partial charge < -0.3 is 15.4 Å². The summed E-state index contributed by atoms with van der Waals surface area (Å²) in [5.74, 6) is 1.07. The van der Waals surface area contributed by atoms with Gasteiger partial charge in [-0.3, -0.25) is 10.4 Å². The molecule has 7 heteroatoms. The maximum Gasteiger partial charge on any atom is 0.128 e. The number of hydrogen-bond donors (Lipinski definition) is 2. The predicted molar refractivity (Wildman–Crippen MR) is 114 cm³/mol. The zero-order valence-corrected chi connectivity index (χ0v) is 18.1. The molecule has 0 aliphatic heterocycles. The number of pyridine rings is 1. The summed E-state index contributed by atoms with van der Waals surface area (Å²) < 4.78 is 6.53. The fourth-order valence-electron chi connectivity index (χ4n) is 2.87. The Labute approximate surface area is 173 Å². The zero-order chi connectivity index (χ0) is 20.0. The molecule has 0 radical (unpaired) electrons. The number of halogens is 2. The molecule has 0 bridgehead atoms. The van der Waals surface area contributed by atoms with E-state index in [1.165, 1.54) is 11.6 Å². The van der Waals surface area contributed by atoms with E-state index in [1.807, 2.05) is 30.9 Å². The van der Waals surface area contributed by atoms with Crippen molar-refractivity contribution < 1.29 is 4.74 Å². The lowest BCUT2D eigenvalue weighted by Crippen LogP contribution is -2.32. The van der Waals surface area contributed by atoms with Gasteiger partial charge in [0.25, 0.3) is 0 Å². The topological polar surface area (TPSA) is 75.2 Å². The van der Waals surface area contributed by atoms with E-state index in [-0.39, 0.29) is 11.0 Å². The predicted octanol–water partition coefficient (Wildman–Crippen LogP) is 4.53. The van der Waals surface area contributed by atoms with Crippen molar-refractivity contribution in [2.75, 3.05) is 13.7 Å². The van der Waals surface area contributed by atoms with Crippen LogP contribution in [0.1, 0.15) is 22.4 Å². The summed E-state index contributed by atoms with van der Waals surface area (Å²) in [4.78, 5) is 6.45. The fraction of sp³-hybridized carbons (Fsp3) is 0.300. The molecule has 2 aromatic rings. The molecular weight excluding hydrogens is 428 g/mol. The van der Waals surface area contributed by atoms with Crippen LogP contribution in [0.4, 0.5) is 0 Å². The summed E-state index contributed by atoms with van der Waals surface area (Å²) in [6.45, 7) is 5.05. The van der Waals surface area contributed by atoms with Crippen LogP contribution in [0.15, 0.2) is 46.2 Å². The van der Waals surface area contributed by atoms with E-state index >= 15 is 0 Å². The minimum atomic E-state index is 0.0821. The Morgan fingerprint density at radius 3 is 2.78 bits per heavy atom. The molecule has 27 heavy (non-hydrogen) atoms. The fourth-order valence-corrected chi connectivity index (χ4v) is 3.42. The summed E-state index contributed by atoms with van der Waals surface area (Å²) >= 11 is 9.28. The smallest absolute Gasteiger partial charge is 0.128 e. The van der Waals surface area contributed by atoms with Crippen LogP contribution in [0, 0.1) is 19.3 Å². The van der Waals surface area contributed by atoms with Crippen molar-refractivity contribution in [1.29, 1.82) is 5.41 Å². The minimum Gasteiger partial charge on any atom is -0.496 e. The molecule has 0 spiro atoms. The molecule has 2 rings (SSSR count). The molecule has 5 nitrogen and oxygen atoms in total. The van der Waals surface area contributed by atoms with Crippen LogP contribution >= 0.6 is 27.5 Å². The first-order valence-electron chi connectivity index (χ1n) is 8.51. The number of nitrogens with one attached hydrogen (secondary N) is 1. The molecule has 0 saturated heterocycles. The molecule has 0 aliphatic rings. The third kappa shape index (κ3) is 5.97. The molecule has 0 unspecified atom stereocenters. The van der Waals surface area contributed by atoms with Crippen LogP contribution < -0.4 is 10.5 Å². The molecule has 0 atom stereocenters. The number of methoxy groups -OCH3 is 1. The number of hydrogen-bond acceptors (Lipinski definition) is 4. The third-order valence-electron chi connectivity index (χ3n) is 4.27. The van der Waals surface area contributed by atoms with E-state index in [2.05, 4.69) is 33.0 Å².